The van der Waals surface area contributed by atoms with Crippen molar-refractivity contribution in [3.8, 4) is 0 Å². The van der Waals surface area contributed by atoms with Crippen molar-refractivity contribution >= 4 is 10.9 Å². The monoisotopic (exact) mass is 323 g/mol. The fourth-order valence-electron chi connectivity index (χ4n) is 3.75. The zero-order chi connectivity index (χ0) is 16.7. The minimum Gasteiger partial charge on any atom is -0.344 e. The van der Waals surface area contributed by atoms with Gasteiger partial charge in [0.1, 0.15) is 0 Å². The molecule has 0 atom stereocenters. The number of aryl methyl sites for hydroxylation is 3. The second-order valence-electron chi connectivity index (χ2n) is 6.82. The summed E-state index contributed by atoms with van der Waals surface area (Å²) in [7, 11) is 2.19. The predicted octanol–water partition coefficient (Wildman–Crippen LogP) is 3.71. The van der Waals surface area contributed by atoms with Gasteiger partial charge in [-0.3, -0.25) is 0 Å². The lowest BCUT2D eigenvalue weighted by molar-refractivity contribution is 0.309. The van der Waals surface area contributed by atoms with Crippen LogP contribution in [0.25, 0.3) is 10.9 Å². The summed E-state index contributed by atoms with van der Waals surface area (Å²) < 4.78 is 15.4. The van der Waals surface area contributed by atoms with Crippen LogP contribution in [0, 0.1) is 12.9 Å². The van der Waals surface area contributed by atoms with E-state index in [4.69, 9.17) is 0 Å². The van der Waals surface area contributed by atoms with E-state index in [1.807, 2.05) is 6.07 Å². The predicted molar refractivity (Wildman–Crippen MR) is 94.6 cm³/mol. The molecule has 0 amide bonds. The van der Waals surface area contributed by atoms with Crippen molar-refractivity contribution in [1.82, 2.24) is 14.5 Å². The molecule has 1 aromatic carbocycles. The van der Waals surface area contributed by atoms with Crippen LogP contribution >= 0.6 is 0 Å². The number of halogens is 1. The van der Waals surface area contributed by atoms with Crippen molar-refractivity contribution in [1.29, 1.82) is 0 Å². The van der Waals surface area contributed by atoms with Crippen molar-refractivity contribution in [2.75, 3.05) is 13.6 Å². The molecule has 0 saturated carbocycles. The summed E-state index contributed by atoms with van der Waals surface area (Å²) >= 11 is 0. The molecule has 0 radical (unpaired) electrons. The van der Waals surface area contributed by atoms with E-state index in [9.17, 15) is 4.39 Å². The number of hydrogen-bond acceptors (Lipinski definition) is 2. The van der Waals surface area contributed by atoms with E-state index in [0.717, 1.165) is 38.0 Å². The standard InChI is InChI=1S/C20H22FN3/c1-14-3-5-18-16(11-14)17-13-23(2)9-8-19(17)24(18)10-7-15-4-6-20(21)22-12-15/h3-6,11-12H,7-10,13H2,1-2H3. The molecule has 0 bridgehead atoms. The number of rotatable bonds is 3. The van der Waals surface area contributed by atoms with Gasteiger partial charge in [-0.05, 0) is 49.7 Å². The Hall–Kier alpha value is -2.20. The molecule has 3 heterocycles. The van der Waals surface area contributed by atoms with E-state index in [-0.39, 0.29) is 0 Å². The van der Waals surface area contributed by atoms with Crippen LogP contribution < -0.4 is 0 Å². The zero-order valence-electron chi connectivity index (χ0n) is 14.2. The first-order chi connectivity index (χ1) is 11.6. The fraction of sp³-hybridized carbons (Fsp3) is 0.350. The Morgan fingerprint density at radius 3 is 2.88 bits per heavy atom. The van der Waals surface area contributed by atoms with Gasteiger partial charge in [-0.25, -0.2) is 4.98 Å². The molecule has 3 aromatic rings. The van der Waals surface area contributed by atoms with E-state index < -0.39 is 5.95 Å². The Balaban J connectivity index is 1.73. The average molecular weight is 323 g/mol. The largest absolute Gasteiger partial charge is 0.344 e. The summed E-state index contributed by atoms with van der Waals surface area (Å²) in [5.74, 6) is -0.416. The molecule has 4 rings (SSSR count). The van der Waals surface area contributed by atoms with Gasteiger partial charge in [-0.1, -0.05) is 17.7 Å². The van der Waals surface area contributed by atoms with Gasteiger partial charge >= 0.3 is 0 Å². The molecular formula is C20H22FN3. The van der Waals surface area contributed by atoms with E-state index in [1.165, 1.54) is 33.8 Å². The maximum atomic E-state index is 13.0. The average Bonchev–Trinajstić information content (AvgIpc) is 2.87. The van der Waals surface area contributed by atoms with Gasteiger partial charge in [0, 0.05) is 48.8 Å². The number of pyridine rings is 1. The summed E-state index contributed by atoms with van der Waals surface area (Å²) in [6.07, 6.45) is 3.60. The number of likely N-dealkylation sites (N-methyl/N-ethyl adjacent to an activating group) is 1. The second kappa shape index (κ2) is 6.02. The topological polar surface area (TPSA) is 21.1 Å². The molecular weight excluding hydrogens is 301 g/mol. The van der Waals surface area contributed by atoms with Crippen LogP contribution in [-0.2, 0) is 25.9 Å². The maximum Gasteiger partial charge on any atom is 0.212 e. The molecule has 0 fully saturated rings. The van der Waals surface area contributed by atoms with E-state index in [1.54, 1.807) is 6.20 Å². The number of benzene rings is 1. The van der Waals surface area contributed by atoms with Crippen LogP contribution in [0.3, 0.4) is 0 Å². The summed E-state index contributed by atoms with van der Waals surface area (Å²) in [6.45, 7) is 5.17. The van der Waals surface area contributed by atoms with Crippen LogP contribution in [-0.4, -0.2) is 28.0 Å². The number of nitrogens with zero attached hydrogens (tertiary/aromatic N) is 3. The van der Waals surface area contributed by atoms with Crippen LogP contribution in [0.2, 0.25) is 0 Å². The summed E-state index contributed by atoms with van der Waals surface area (Å²) in [4.78, 5) is 6.16. The van der Waals surface area contributed by atoms with Crippen molar-refractivity contribution in [3.05, 3.63) is 64.9 Å². The Morgan fingerprint density at radius 1 is 1.21 bits per heavy atom. The highest BCUT2D eigenvalue weighted by molar-refractivity contribution is 5.86. The quantitative estimate of drug-likeness (QED) is 0.685. The van der Waals surface area contributed by atoms with E-state index in [2.05, 4.69) is 46.6 Å². The highest BCUT2D eigenvalue weighted by Crippen LogP contribution is 2.31. The lowest BCUT2D eigenvalue weighted by Crippen LogP contribution is -2.27. The number of fused-ring (bicyclic) bond motifs is 3. The summed E-state index contributed by atoms with van der Waals surface area (Å²) in [5.41, 5.74) is 6.63. The Labute approximate surface area is 141 Å². The first-order valence-corrected chi connectivity index (χ1v) is 8.51. The minimum absolute atomic E-state index is 0.416. The molecule has 0 unspecified atom stereocenters. The third-order valence-corrected chi connectivity index (χ3v) is 5.01. The third kappa shape index (κ3) is 2.71. The highest BCUT2D eigenvalue weighted by Gasteiger charge is 2.22. The van der Waals surface area contributed by atoms with Gasteiger partial charge in [0.15, 0.2) is 0 Å². The molecule has 1 aliphatic heterocycles. The van der Waals surface area contributed by atoms with Crippen LogP contribution in [0.4, 0.5) is 4.39 Å². The molecule has 0 aliphatic carbocycles. The van der Waals surface area contributed by atoms with Crippen LogP contribution in [0.5, 0.6) is 0 Å². The Kier molecular flexibility index (Phi) is 3.85. The van der Waals surface area contributed by atoms with Crippen molar-refractivity contribution in [2.45, 2.75) is 32.9 Å². The molecule has 24 heavy (non-hydrogen) atoms. The first-order valence-electron chi connectivity index (χ1n) is 8.51. The minimum atomic E-state index is -0.416. The molecule has 1 aliphatic rings. The molecule has 4 heteroatoms. The molecule has 0 spiro atoms. The van der Waals surface area contributed by atoms with E-state index in [0.29, 0.717) is 0 Å². The van der Waals surface area contributed by atoms with Gasteiger partial charge < -0.3 is 9.47 Å². The van der Waals surface area contributed by atoms with Crippen molar-refractivity contribution in [3.63, 3.8) is 0 Å². The first kappa shape index (κ1) is 15.3. The second-order valence-corrected chi connectivity index (χ2v) is 6.82. The molecule has 3 nitrogen and oxygen atoms in total. The fourth-order valence-corrected chi connectivity index (χ4v) is 3.75. The van der Waals surface area contributed by atoms with Gasteiger partial charge in [0.2, 0.25) is 5.95 Å². The Bertz CT molecular complexity index is 880. The maximum absolute atomic E-state index is 13.0. The van der Waals surface area contributed by atoms with Crippen molar-refractivity contribution in [2.24, 2.45) is 0 Å². The zero-order valence-corrected chi connectivity index (χ0v) is 14.2. The highest BCUT2D eigenvalue weighted by atomic mass is 19.1. The molecule has 2 aromatic heterocycles. The van der Waals surface area contributed by atoms with Crippen LogP contribution in [0.1, 0.15) is 22.4 Å². The number of hydrogen-bond donors (Lipinski definition) is 0. The normalized spacial score (nSPS) is 15.0. The van der Waals surface area contributed by atoms with Gasteiger partial charge in [-0.15, -0.1) is 0 Å². The lowest BCUT2D eigenvalue weighted by Gasteiger charge is -2.24. The van der Waals surface area contributed by atoms with Gasteiger partial charge in [0.25, 0.3) is 0 Å². The number of aromatic nitrogens is 2. The van der Waals surface area contributed by atoms with Crippen molar-refractivity contribution < 1.29 is 4.39 Å². The molecule has 0 N–H and O–H groups in total. The van der Waals surface area contributed by atoms with Gasteiger partial charge in [-0.2, -0.15) is 4.39 Å². The lowest BCUT2D eigenvalue weighted by atomic mass is 10.0. The van der Waals surface area contributed by atoms with Gasteiger partial charge in [0.05, 0.1) is 0 Å². The van der Waals surface area contributed by atoms with E-state index >= 15 is 0 Å². The third-order valence-electron chi connectivity index (χ3n) is 5.01. The summed E-state index contributed by atoms with van der Waals surface area (Å²) in [5, 5.41) is 1.38. The smallest absolute Gasteiger partial charge is 0.212 e. The molecule has 124 valence electrons. The Morgan fingerprint density at radius 2 is 2.08 bits per heavy atom. The molecule has 0 saturated heterocycles. The summed E-state index contributed by atoms with van der Waals surface area (Å²) in [6, 6.07) is 10.0. The SMILES string of the molecule is Cc1ccc2c(c1)c1c(n2CCc2ccc(F)nc2)CCN(C)C1. The van der Waals surface area contributed by atoms with Crippen LogP contribution in [0.15, 0.2) is 36.5 Å².